The maximum atomic E-state index is 14.3. The minimum Gasteiger partial charge on any atom is -0.503 e. The largest absolute Gasteiger partial charge is 0.503 e. The molecule has 3 amide bonds. The molecule has 2 aliphatic carbocycles. The van der Waals surface area contributed by atoms with E-state index in [2.05, 4.69) is 56.6 Å². The van der Waals surface area contributed by atoms with E-state index < -0.39 is 46.6 Å². The second kappa shape index (κ2) is 16.2. The van der Waals surface area contributed by atoms with E-state index in [1.165, 1.54) is 26.8 Å². The molecule has 4 aromatic carbocycles. The van der Waals surface area contributed by atoms with Crippen molar-refractivity contribution in [3.05, 3.63) is 117 Å². The molecule has 3 N–H and O–H groups in total. The van der Waals surface area contributed by atoms with Crippen molar-refractivity contribution in [1.29, 1.82) is 0 Å². The van der Waals surface area contributed by atoms with Crippen LogP contribution in [0.2, 0.25) is 0 Å². The van der Waals surface area contributed by atoms with Gasteiger partial charge in [0.2, 0.25) is 17.6 Å². The third kappa shape index (κ3) is 7.59. The molecule has 1 saturated heterocycles. The molecule has 1 unspecified atom stereocenters. The van der Waals surface area contributed by atoms with Crippen LogP contribution in [-0.2, 0) is 36.1 Å². The number of imide groups is 1. The number of carbonyl (C=O) groups is 3. The Hall–Kier alpha value is -6.22. The third-order valence-corrected chi connectivity index (χ3v) is 13.7. The monoisotopic (exact) mass is 859 g/mol. The fourth-order valence-corrected chi connectivity index (χ4v) is 10.1. The Morgan fingerprint density at radius 3 is 2.40 bits per heavy atom. The first kappa shape index (κ1) is 40.8. The number of hydrogen-bond donors (Lipinski definition) is 3. The smallest absolute Gasteiger partial charge is 0.329 e. The zero-order chi connectivity index (χ0) is 43.7. The average Bonchev–Trinajstić information content (AvgIpc) is 3.85. The van der Waals surface area contributed by atoms with Gasteiger partial charge in [-0.15, -0.1) is 0 Å². The SMILES string of the molecule is Cn1c(=O)n(C2CCC(=O)NC2=O)c2ccc(CCCN3Cc4ccc(-c5ccc6c(C7CC7)n(C7CCC(CNC(=O)c8cc(F)c(O)c(F)c8F)CC7)nc6c5)cc4C3)cc21. The number of rotatable bonds is 11. The van der Waals surface area contributed by atoms with Gasteiger partial charge in [0.15, 0.2) is 17.4 Å². The van der Waals surface area contributed by atoms with E-state index in [0.717, 1.165) is 98.7 Å². The van der Waals surface area contributed by atoms with Crippen molar-refractivity contribution < 1.29 is 32.7 Å². The minimum absolute atomic E-state index is 0.124. The summed E-state index contributed by atoms with van der Waals surface area (Å²) in [7, 11) is 1.72. The number of imidazole rings is 1. The second-order valence-corrected chi connectivity index (χ2v) is 17.9. The first-order valence-electron chi connectivity index (χ1n) is 22.0. The van der Waals surface area contributed by atoms with Crippen LogP contribution in [0.1, 0.15) is 109 Å². The summed E-state index contributed by atoms with van der Waals surface area (Å²) in [6.45, 7) is 2.92. The van der Waals surface area contributed by atoms with Gasteiger partial charge < -0.3 is 10.4 Å². The van der Waals surface area contributed by atoms with Crippen LogP contribution in [0.4, 0.5) is 13.2 Å². The van der Waals surface area contributed by atoms with Crippen molar-refractivity contribution in [3.8, 4) is 16.9 Å². The molecule has 2 aliphatic heterocycles. The fourth-order valence-electron chi connectivity index (χ4n) is 10.1. The molecular weight excluding hydrogens is 812 g/mol. The lowest BCUT2D eigenvalue weighted by molar-refractivity contribution is -0.135. The summed E-state index contributed by atoms with van der Waals surface area (Å²) in [6.07, 6.45) is 7.91. The molecule has 15 heteroatoms. The molecule has 2 saturated carbocycles. The number of hydrogen-bond acceptors (Lipinski definition) is 7. The standard InChI is InChI=1S/C48H48F3N7O5/c1-55-40-19-26(6-15-38(40)57(48(55)63)39-16-17-41(59)53-47(39)62)3-2-18-56-24-31-10-9-29(20-32(31)25-56)30-11-14-34-37(21-30)54-58(44(34)28-7-8-28)33-12-4-27(5-13-33)23-52-46(61)35-22-36(49)45(60)43(51)42(35)50/h6,9-11,14-15,19-22,27-28,33,39,60H,2-5,7-8,12-13,16-18,23-25H2,1H3,(H,52,61)(H,53,59,62). The number of carbonyl (C=O) groups excluding carboxylic acids is 3. The number of nitrogens with one attached hydrogen (secondary N) is 2. The van der Waals surface area contributed by atoms with Crippen LogP contribution >= 0.6 is 0 Å². The third-order valence-electron chi connectivity index (χ3n) is 13.7. The highest BCUT2D eigenvalue weighted by Gasteiger charge is 2.35. The Balaban J connectivity index is 0.765. The van der Waals surface area contributed by atoms with Crippen molar-refractivity contribution in [1.82, 2.24) is 34.4 Å². The number of amides is 3. The van der Waals surface area contributed by atoms with Gasteiger partial charge >= 0.3 is 5.69 Å². The number of aromatic nitrogens is 4. The van der Waals surface area contributed by atoms with E-state index in [1.54, 1.807) is 11.6 Å². The van der Waals surface area contributed by atoms with Gasteiger partial charge in [-0.3, -0.25) is 38.4 Å². The first-order valence-corrected chi connectivity index (χ1v) is 22.0. The molecule has 4 aliphatic rings. The summed E-state index contributed by atoms with van der Waals surface area (Å²) in [6, 6.07) is 19.4. The van der Waals surface area contributed by atoms with Crippen LogP contribution in [0.5, 0.6) is 5.75 Å². The molecule has 2 aromatic heterocycles. The number of fused-ring (bicyclic) bond motifs is 3. The van der Waals surface area contributed by atoms with Gasteiger partial charge in [-0.1, -0.05) is 30.3 Å². The zero-order valence-corrected chi connectivity index (χ0v) is 34.9. The van der Waals surface area contributed by atoms with E-state index in [-0.39, 0.29) is 36.5 Å². The summed E-state index contributed by atoms with van der Waals surface area (Å²) in [5.41, 5.74) is 8.75. The van der Waals surface area contributed by atoms with E-state index in [9.17, 15) is 37.5 Å². The lowest BCUT2D eigenvalue weighted by atomic mass is 9.85. The summed E-state index contributed by atoms with van der Waals surface area (Å²) in [5, 5.41) is 20.7. The molecule has 12 nitrogen and oxygen atoms in total. The fraction of sp³-hybridized carbons (Fsp3) is 0.396. The summed E-state index contributed by atoms with van der Waals surface area (Å²) in [4.78, 5) is 52.6. The van der Waals surface area contributed by atoms with Crippen molar-refractivity contribution in [2.24, 2.45) is 13.0 Å². The first-order chi connectivity index (χ1) is 30.4. The molecular formula is C48H48F3N7O5. The number of piperidine rings is 1. The Labute approximate surface area is 360 Å². The molecule has 1 atom stereocenters. The number of nitrogens with zero attached hydrogens (tertiary/aromatic N) is 5. The second-order valence-electron chi connectivity index (χ2n) is 17.9. The molecule has 0 spiro atoms. The predicted molar refractivity (Wildman–Crippen MR) is 229 cm³/mol. The van der Waals surface area contributed by atoms with Gasteiger partial charge in [0, 0.05) is 50.1 Å². The van der Waals surface area contributed by atoms with Gasteiger partial charge in [-0.05, 0) is 128 Å². The molecule has 0 bridgehead atoms. The van der Waals surface area contributed by atoms with Crippen LogP contribution in [0, 0.1) is 23.4 Å². The van der Waals surface area contributed by atoms with Crippen LogP contribution in [0.3, 0.4) is 0 Å². The van der Waals surface area contributed by atoms with Crippen molar-refractivity contribution in [2.75, 3.05) is 13.1 Å². The summed E-state index contributed by atoms with van der Waals surface area (Å²) < 4.78 is 47.3. The maximum Gasteiger partial charge on any atom is 0.329 e. The Bertz CT molecular complexity index is 2910. The molecule has 4 heterocycles. The number of phenolic OH excluding ortho intramolecular Hbond substituents is 1. The Kier molecular flexibility index (Phi) is 10.5. The topological polar surface area (TPSA) is 143 Å². The molecule has 326 valence electrons. The average molecular weight is 860 g/mol. The van der Waals surface area contributed by atoms with Gasteiger partial charge in [-0.25, -0.2) is 13.6 Å². The molecule has 0 radical (unpaired) electrons. The zero-order valence-electron chi connectivity index (χ0n) is 34.9. The lowest BCUT2D eigenvalue weighted by Gasteiger charge is -2.30. The number of halogens is 3. The highest BCUT2D eigenvalue weighted by atomic mass is 19.2. The lowest BCUT2D eigenvalue weighted by Crippen LogP contribution is -2.44. The van der Waals surface area contributed by atoms with E-state index in [4.69, 9.17) is 5.10 Å². The molecule has 10 rings (SSSR count). The number of aryl methyl sites for hydroxylation is 2. The molecule has 63 heavy (non-hydrogen) atoms. The molecule has 6 aromatic rings. The van der Waals surface area contributed by atoms with Gasteiger partial charge in [-0.2, -0.15) is 9.49 Å². The number of aromatic hydroxyl groups is 1. The minimum atomic E-state index is -1.78. The van der Waals surface area contributed by atoms with Gasteiger partial charge in [0.1, 0.15) is 6.04 Å². The van der Waals surface area contributed by atoms with Crippen molar-refractivity contribution >= 4 is 39.7 Å². The number of phenols is 1. The maximum absolute atomic E-state index is 14.3. The summed E-state index contributed by atoms with van der Waals surface area (Å²) in [5.74, 6) is -7.24. The number of benzene rings is 4. The normalized spacial score (nSPS) is 20.4. The van der Waals surface area contributed by atoms with Gasteiger partial charge in [0.05, 0.1) is 28.2 Å². The molecule has 3 fully saturated rings. The van der Waals surface area contributed by atoms with Crippen molar-refractivity contribution in [2.45, 2.75) is 95.3 Å². The van der Waals surface area contributed by atoms with Crippen LogP contribution in [-0.4, -0.2) is 59.7 Å². The van der Waals surface area contributed by atoms with E-state index in [1.807, 2.05) is 18.2 Å². The highest BCUT2D eigenvalue weighted by Crippen LogP contribution is 2.46. The summed E-state index contributed by atoms with van der Waals surface area (Å²) >= 11 is 0. The highest BCUT2D eigenvalue weighted by molar-refractivity contribution is 6.00. The predicted octanol–water partition coefficient (Wildman–Crippen LogP) is 7.44. The Morgan fingerprint density at radius 1 is 0.857 bits per heavy atom. The Morgan fingerprint density at radius 2 is 1.62 bits per heavy atom. The van der Waals surface area contributed by atoms with Crippen molar-refractivity contribution in [3.63, 3.8) is 0 Å². The van der Waals surface area contributed by atoms with E-state index in [0.29, 0.717) is 23.9 Å². The quantitative estimate of drug-likeness (QED) is 0.0908. The van der Waals surface area contributed by atoms with Gasteiger partial charge in [0.25, 0.3) is 5.91 Å². The van der Waals surface area contributed by atoms with Crippen LogP contribution in [0.25, 0.3) is 33.1 Å². The van der Waals surface area contributed by atoms with Crippen LogP contribution < -0.4 is 16.3 Å². The van der Waals surface area contributed by atoms with Crippen LogP contribution in [0.15, 0.2) is 65.5 Å². The van der Waals surface area contributed by atoms with E-state index >= 15 is 0 Å².